The first kappa shape index (κ1) is 19.9. The second-order valence-electron chi connectivity index (χ2n) is 7.06. The molecule has 0 aliphatic rings. The first-order chi connectivity index (χ1) is 13.3. The Labute approximate surface area is 162 Å². The van der Waals surface area contributed by atoms with Crippen LogP contribution in [0.25, 0.3) is 10.8 Å². The lowest BCUT2D eigenvalue weighted by molar-refractivity contribution is -0.121. The van der Waals surface area contributed by atoms with E-state index in [4.69, 9.17) is 5.73 Å². The molecule has 0 saturated heterocycles. The second-order valence-corrected chi connectivity index (χ2v) is 7.06. The number of carbonyl (C=O) groups is 1. The van der Waals surface area contributed by atoms with Crippen molar-refractivity contribution < 1.29 is 13.6 Å². The van der Waals surface area contributed by atoms with Crippen molar-refractivity contribution in [2.45, 2.75) is 45.8 Å². The molecule has 0 radical (unpaired) electrons. The normalized spacial score (nSPS) is 13.7. The maximum Gasteiger partial charge on any atom is 0.333 e. The zero-order valence-corrected chi connectivity index (χ0v) is 16.1. The zero-order valence-electron chi connectivity index (χ0n) is 16.1. The van der Waals surface area contributed by atoms with Crippen molar-refractivity contribution in [2.24, 2.45) is 5.73 Å². The van der Waals surface area contributed by atoms with E-state index in [0.29, 0.717) is 21.6 Å². The van der Waals surface area contributed by atoms with Gasteiger partial charge in [0, 0.05) is 17.3 Å². The van der Waals surface area contributed by atoms with Gasteiger partial charge in [-0.15, -0.1) is 0 Å². The fourth-order valence-electron chi connectivity index (χ4n) is 3.45. The molecule has 28 heavy (non-hydrogen) atoms. The number of benzene rings is 2. The highest BCUT2D eigenvalue weighted by Crippen LogP contribution is 2.23. The molecule has 0 aliphatic heterocycles. The lowest BCUT2D eigenvalue weighted by atomic mass is 9.97. The Bertz CT molecular complexity index is 997. The van der Waals surface area contributed by atoms with E-state index in [9.17, 15) is 13.6 Å². The van der Waals surface area contributed by atoms with Crippen LogP contribution in [-0.4, -0.2) is 21.7 Å². The van der Waals surface area contributed by atoms with Crippen LogP contribution in [0.3, 0.4) is 0 Å². The van der Waals surface area contributed by atoms with Gasteiger partial charge in [0.15, 0.2) is 0 Å². The lowest BCUT2D eigenvalue weighted by Gasteiger charge is -2.23. The monoisotopic (exact) mass is 386 g/mol. The molecule has 0 spiro atoms. The van der Waals surface area contributed by atoms with Crippen LogP contribution in [0.5, 0.6) is 0 Å². The molecule has 2 aromatic carbocycles. The summed E-state index contributed by atoms with van der Waals surface area (Å²) in [6.07, 6.45) is -0.0266. The largest absolute Gasteiger partial charge is 0.347 e. The number of halogens is 2. The van der Waals surface area contributed by atoms with Crippen molar-refractivity contribution in [1.82, 2.24) is 15.1 Å². The van der Waals surface area contributed by atoms with Gasteiger partial charge in [-0.2, -0.15) is 13.9 Å². The van der Waals surface area contributed by atoms with Crippen molar-refractivity contribution in [3.63, 3.8) is 0 Å². The molecular weight excluding hydrogens is 362 g/mol. The highest BCUT2D eigenvalue weighted by molar-refractivity contribution is 5.84. The van der Waals surface area contributed by atoms with Crippen molar-refractivity contribution in [2.75, 3.05) is 0 Å². The van der Waals surface area contributed by atoms with E-state index in [0.717, 1.165) is 16.3 Å². The summed E-state index contributed by atoms with van der Waals surface area (Å²) in [6, 6.07) is 13.2. The Morgan fingerprint density at radius 3 is 2.46 bits per heavy atom. The standard InChI is InChI=1S/C21H24F2N4O/c1-12(24)20(17-9-8-15-6-4-5-7-16(15)10-17)25-19(28)11-18-13(2)26-27(14(18)3)21(22)23/h4-10,12,20-21H,11,24H2,1-3H3,(H,25,28). The summed E-state index contributed by atoms with van der Waals surface area (Å²) >= 11 is 0. The Kier molecular flexibility index (Phi) is 5.74. The van der Waals surface area contributed by atoms with Gasteiger partial charge in [-0.25, -0.2) is 4.68 Å². The van der Waals surface area contributed by atoms with Gasteiger partial charge in [-0.1, -0.05) is 36.4 Å². The van der Waals surface area contributed by atoms with Gasteiger partial charge in [0.25, 0.3) is 0 Å². The number of nitrogens with two attached hydrogens (primary N) is 1. The summed E-state index contributed by atoms with van der Waals surface area (Å²) in [5.74, 6) is -0.282. The molecule has 7 heteroatoms. The highest BCUT2D eigenvalue weighted by Gasteiger charge is 2.23. The Hall–Kier alpha value is -2.80. The van der Waals surface area contributed by atoms with E-state index < -0.39 is 6.55 Å². The highest BCUT2D eigenvalue weighted by atomic mass is 19.3. The van der Waals surface area contributed by atoms with Crippen LogP contribution in [-0.2, 0) is 11.2 Å². The molecule has 148 valence electrons. The number of carbonyl (C=O) groups excluding carboxylic acids is 1. The fraction of sp³-hybridized carbons (Fsp3) is 0.333. The SMILES string of the molecule is Cc1nn(C(F)F)c(C)c1CC(=O)NC(c1ccc2ccccc2c1)C(C)N. The van der Waals surface area contributed by atoms with Gasteiger partial charge in [0.05, 0.1) is 18.2 Å². The predicted molar refractivity (Wildman–Crippen MR) is 105 cm³/mol. The average molecular weight is 386 g/mol. The number of amides is 1. The summed E-state index contributed by atoms with van der Waals surface area (Å²) in [5, 5.41) is 8.95. The van der Waals surface area contributed by atoms with Crippen LogP contribution in [0.1, 0.15) is 42.0 Å². The van der Waals surface area contributed by atoms with E-state index >= 15 is 0 Å². The molecule has 3 aromatic rings. The van der Waals surface area contributed by atoms with E-state index in [2.05, 4.69) is 10.4 Å². The first-order valence-electron chi connectivity index (χ1n) is 9.14. The Morgan fingerprint density at radius 1 is 1.18 bits per heavy atom. The van der Waals surface area contributed by atoms with Crippen LogP contribution in [0.15, 0.2) is 42.5 Å². The topological polar surface area (TPSA) is 72.9 Å². The van der Waals surface area contributed by atoms with Crippen molar-refractivity contribution in [1.29, 1.82) is 0 Å². The third kappa shape index (κ3) is 4.04. The van der Waals surface area contributed by atoms with Crippen molar-refractivity contribution in [3.8, 4) is 0 Å². The maximum absolute atomic E-state index is 13.0. The van der Waals surface area contributed by atoms with Crippen molar-refractivity contribution in [3.05, 3.63) is 65.0 Å². The molecule has 1 aromatic heterocycles. The molecule has 3 N–H and O–H groups in total. The van der Waals surface area contributed by atoms with Crippen LogP contribution >= 0.6 is 0 Å². The van der Waals surface area contributed by atoms with Gasteiger partial charge in [0.1, 0.15) is 0 Å². The molecular formula is C21H24F2N4O. The number of nitrogens with zero attached hydrogens (tertiary/aromatic N) is 2. The molecule has 2 atom stereocenters. The number of fused-ring (bicyclic) bond motifs is 1. The van der Waals surface area contributed by atoms with E-state index in [-0.39, 0.29) is 24.4 Å². The number of nitrogens with one attached hydrogen (secondary N) is 1. The third-order valence-corrected chi connectivity index (χ3v) is 4.97. The number of hydrogen-bond donors (Lipinski definition) is 2. The molecule has 1 heterocycles. The molecule has 0 aliphatic carbocycles. The minimum Gasteiger partial charge on any atom is -0.347 e. The van der Waals surface area contributed by atoms with Gasteiger partial charge in [-0.3, -0.25) is 4.79 Å². The maximum atomic E-state index is 13.0. The number of aromatic nitrogens is 2. The van der Waals surface area contributed by atoms with E-state index in [1.807, 2.05) is 49.4 Å². The molecule has 5 nitrogen and oxygen atoms in total. The molecule has 0 saturated carbocycles. The van der Waals surface area contributed by atoms with Crippen LogP contribution < -0.4 is 11.1 Å². The minimum absolute atomic E-state index is 0.0266. The third-order valence-electron chi connectivity index (χ3n) is 4.97. The molecule has 1 amide bonds. The fourth-order valence-corrected chi connectivity index (χ4v) is 3.45. The number of hydrogen-bond acceptors (Lipinski definition) is 3. The summed E-state index contributed by atoms with van der Waals surface area (Å²) in [5.41, 5.74) is 8.27. The van der Waals surface area contributed by atoms with Crippen LogP contribution in [0, 0.1) is 13.8 Å². The Morgan fingerprint density at radius 2 is 1.86 bits per heavy atom. The minimum atomic E-state index is -2.73. The van der Waals surface area contributed by atoms with Gasteiger partial charge < -0.3 is 11.1 Å². The zero-order chi connectivity index (χ0) is 20.4. The Balaban J connectivity index is 1.82. The number of aryl methyl sites for hydroxylation is 1. The summed E-state index contributed by atoms with van der Waals surface area (Å²) in [6.45, 7) is 2.26. The average Bonchev–Trinajstić information content (AvgIpc) is 2.94. The predicted octanol–water partition coefficient (Wildman–Crippen LogP) is 3.80. The quantitative estimate of drug-likeness (QED) is 0.677. The molecule has 3 rings (SSSR count). The van der Waals surface area contributed by atoms with Gasteiger partial charge in [0.2, 0.25) is 5.91 Å². The lowest BCUT2D eigenvalue weighted by Crippen LogP contribution is -2.40. The molecule has 0 bridgehead atoms. The summed E-state index contributed by atoms with van der Waals surface area (Å²) in [4.78, 5) is 12.7. The van der Waals surface area contributed by atoms with E-state index in [1.165, 1.54) is 0 Å². The smallest absolute Gasteiger partial charge is 0.333 e. The van der Waals surface area contributed by atoms with Gasteiger partial charge >= 0.3 is 6.55 Å². The first-order valence-corrected chi connectivity index (χ1v) is 9.14. The van der Waals surface area contributed by atoms with E-state index in [1.54, 1.807) is 13.8 Å². The number of rotatable bonds is 6. The summed E-state index contributed by atoms with van der Waals surface area (Å²) in [7, 11) is 0. The van der Waals surface area contributed by atoms with Crippen molar-refractivity contribution >= 4 is 16.7 Å². The van der Waals surface area contributed by atoms with Crippen LogP contribution in [0.2, 0.25) is 0 Å². The molecule has 0 fully saturated rings. The van der Waals surface area contributed by atoms with Gasteiger partial charge in [-0.05, 0) is 43.2 Å². The number of alkyl halides is 2. The van der Waals surface area contributed by atoms with Crippen LogP contribution in [0.4, 0.5) is 8.78 Å². The second kappa shape index (κ2) is 8.06. The summed E-state index contributed by atoms with van der Waals surface area (Å²) < 4.78 is 26.7. The molecule has 2 unspecified atom stereocenters.